The number of benzene rings is 1. The van der Waals surface area contributed by atoms with E-state index in [-0.39, 0.29) is 11.7 Å². The summed E-state index contributed by atoms with van der Waals surface area (Å²) in [5.41, 5.74) is 5.45. The van der Waals surface area contributed by atoms with Crippen molar-refractivity contribution in [3.63, 3.8) is 0 Å². The molecule has 1 aliphatic rings. The number of para-hydroxylation sites is 1. The molecule has 5 heterocycles. The fourth-order valence-corrected chi connectivity index (χ4v) is 4.65. The molecule has 1 aliphatic heterocycles. The molecule has 11 heteroatoms. The van der Waals surface area contributed by atoms with E-state index in [4.69, 9.17) is 10.1 Å². The quantitative estimate of drug-likeness (QED) is 0.247. The summed E-state index contributed by atoms with van der Waals surface area (Å²) >= 11 is 0. The highest BCUT2D eigenvalue weighted by Crippen LogP contribution is 2.33. The van der Waals surface area contributed by atoms with Crippen molar-refractivity contribution in [2.75, 3.05) is 30.3 Å². The predicted octanol–water partition coefficient (Wildman–Crippen LogP) is 4.54. The summed E-state index contributed by atoms with van der Waals surface area (Å²) in [5, 5.41) is 20.3. The van der Waals surface area contributed by atoms with Gasteiger partial charge in [-0.1, -0.05) is 12.1 Å². The fourth-order valence-electron chi connectivity index (χ4n) is 4.65. The summed E-state index contributed by atoms with van der Waals surface area (Å²) in [7, 11) is 1.90. The number of likely N-dealkylation sites (tertiary alicyclic amines) is 1. The lowest BCUT2D eigenvalue weighted by Crippen LogP contribution is -2.30. The summed E-state index contributed by atoms with van der Waals surface area (Å²) in [6.07, 6.45) is 9.07. The number of rotatable bonds is 6. The third-order valence-corrected chi connectivity index (χ3v) is 6.78. The van der Waals surface area contributed by atoms with Gasteiger partial charge in [0.1, 0.15) is 5.75 Å². The second-order valence-corrected chi connectivity index (χ2v) is 9.82. The molecule has 4 N–H and O–H groups in total. The molecular weight excluding hydrogens is 506 g/mol. The minimum absolute atomic E-state index is 0.0101. The first-order chi connectivity index (χ1) is 19.4. The molecule has 0 atom stereocenters. The number of hydrogen-bond donors (Lipinski definition) is 4. The molecule has 6 rings (SSSR count). The largest absolute Gasteiger partial charge is 0.506 e. The summed E-state index contributed by atoms with van der Waals surface area (Å²) in [6.45, 7) is 6.39. The van der Waals surface area contributed by atoms with Gasteiger partial charge in [-0.2, -0.15) is 5.10 Å². The van der Waals surface area contributed by atoms with Crippen molar-refractivity contribution in [1.82, 2.24) is 34.6 Å². The Hall–Kier alpha value is -4.77. The molecule has 206 valence electrons. The molecule has 4 aromatic heterocycles. The summed E-state index contributed by atoms with van der Waals surface area (Å²) in [5.74, 6) is 1.41. The van der Waals surface area contributed by atoms with Crippen LogP contribution < -0.4 is 10.6 Å². The van der Waals surface area contributed by atoms with E-state index in [2.05, 4.69) is 35.6 Å². The number of carbonyl (C=O) groups is 1. The van der Waals surface area contributed by atoms with Crippen LogP contribution in [0, 0.1) is 13.8 Å². The zero-order chi connectivity index (χ0) is 28.1. The summed E-state index contributed by atoms with van der Waals surface area (Å²) in [4.78, 5) is 30.9. The van der Waals surface area contributed by atoms with Crippen LogP contribution in [0.3, 0.4) is 0 Å². The fraction of sp³-hybridized carbons (Fsp3) is 0.276. The molecule has 1 fully saturated rings. The molecule has 1 amide bonds. The van der Waals surface area contributed by atoms with E-state index in [1.807, 2.05) is 51.4 Å². The van der Waals surface area contributed by atoms with Crippen molar-refractivity contribution < 1.29 is 9.90 Å². The molecule has 0 unspecified atom stereocenters. The highest BCUT2D eigenvalue weighted by Gasteiger charge is 2.18. The van der Waals surface area contributed by atoms with Gasteiger partial charge in [0.25, 0.3) is 0 Å². The monoisotopic (exact) mass is 539 g/mol. The van der Waals surface area contributed by atoms with Crippen LogP contribution in [0.25, 0.3) is 22.2 Å². The molecule has 0 radical (unpaired) electrons. The van der Waals surface area contributed by atoms with Gasteiger partial charge in [-0.05, 0) is 63.5 Å². The Balaban J connectivity index is 0.000000403. The van der Waals surface area contributed by atoms with Crippen LogP contribution in [0.15, 0.2) is 61.2 Å². The second-order valence-electron chi connectivity index (χ2n) is 9.82. The summed E-state index contributed by atoms with van der Waals surface area (Å²) < 4.78 is 1.80. The van der Waals surface area contributed by atoms with Crippen LogP contribution in [0.1, 0.15) is 24.1 Å². The number of H-pyrrole nitrogens is 1. The molecule has 1 aromatic carbocycles. The molecule has 5 aromatic rings. The number of aromatic hydroxyl groups is 1. The number of pyridine rings is 1. The third kappa shape index (κ3) is 6.26. The maximum absolute atomic E-state index is 12.6. The number of aromatic amines is 1. The van der Waals surface area contributed by atoms with Crippen molar-refractivity contribution >= 4 is 34.3 Å². The Morgan fingerprint density at radius 3 is 2.62 bits per heavy atom. The first-order valence-corrected chi connectivity index (χ1v) is 13.2. The van der Waals surface area contributed by atoms with E-state index in [0.717, 1.165) is 65.0 Å². The third-order valence-electron chi connectivity index (χ3n) is 6.78. The topological polar surface area (TPSA) is 137 Å². The van der Waals surface area contributed by atoms with Gasteiger partial charge in [-0.25, -0.2) is 9.97 Å². The maximum atomic E-state index is 12.6. The number of aromatic nitrogens is 6. The van der Waals surface area contributed by atoms with Crippen molar-refractivity contribution in [1.29, 1.82) is 0 Å². The highest BCUT2D eigenvalue weighted by atomic mass is 16.3. The van der Waals surface area contributed by atoms with Gasteiger partial charge in [0.2, 0.25) is 11.9 Å². The van der Waals surface area contributed by atoms with Gasteiger partial charge in [0.15, 0.2) is 5.82 Å². The highest BCUT2D eigenvalue weighted by molar-refractivity contribution is 6.06. The van der Waals surface area contributed by atoms with Gasteiger partial charge in [0, 0.05) is 48.3 Å². The average molecular weight is 540 g/mol. The first-order valence-electron chi connectivity index (χ1n) is 13.2. The van der Waals surface area contributed by atoms with Crippen molar-refractivity contribution in [3.05, 3.63) is 72.4 Å². The zero-order valence-electron chi connectivity index (χ0n) is 22.8. The number of hydrogen-bond acceptors (Lipinski definition) is 8. The second kappa shape index (κ2) is 12.0. The first kappa shape index (κ1) is 26.8. The SMILES string of the molecule is Cc1cnc(Nc2cc(C)n(C)n2)nc1-c1c[nH]c2c(NC(=O)CN3CCCC3)cccc12.Oc1cccnc1. The number of nitrogens with one attached hydrogen (secondary N) is 3. The van der Waals surface area contributed by atoms with Crippen LogP contribution in [-0.4, -0.2) is 65.3 Å². The van der Waals surface area contributed by atoms with E-state index in [1.165, 1.54) is 6.20 Å². The Labute approximate surface area is 232 Å². The number of aryl methyl sites for hydroxylation is 3. The van der Waals surface area contributed by atoms with Crippen LogP contribution in [-0.2, 0) is 11.8 Å². The van der Waals surface area contributed by atoms with Gasteiger partial charge >= 0.3 is 0 Å². The predicted molar refractivity (Wildman–Crippen MR) is 155 cm³/mol. The Kier molecular flexibility index (Phi) is 8.02. The van der Waals surface area contributed by atoms with Gasteiger partial charge in [-0.15, -0.1) is 0 Å². The smallest absolute Gasteiger partial charge is 0.238 e. The number of fused-ring (bicyclic) bond motifs is 1. The zero-order valence-corrected chi connectivity index (χ0v) is 22.8. The number of carbonyl (C=O) groups excluding carboxylic acids is 1. The number of nitrogens with zero attached hydrogens (tertiary/aromatic N) is 6. The van der Waals surface area contributed by atoms with Crippen LogP contribution in [0.4, 0.5) is 17.5 Å². The van der Waals surface area contributed by atoms with E-state index in [9.17, 15) is 4.79 Å². The van der Waals surface area contributed by atoms with Crippen molar-refractivity contribution in [2.24, 2.45) is 7.05 Å². The molecular formula is C29H33N9O2. The Bertz CT molecular complexity index is 1590. The van der Waals surface area contributed by atoms with E-state index in [1.54, 1.807) is 29.2 Å². The van der Waals surface area contributed by atoms with Crippen LogP contribution >= 0.6 is 0 Å². The lowest BCUT2D eigenvalue weighted by Gasteiger charge is -2.14. The standard InChI is InChI=1S/C24H28N8O.C5H5NO/c1-15-12-26-24(28-20-11-16(2)31(3)30-20)29-22(15)18-13-25-23-17(18)7-6-8-19(23)27-21(33)14-32-9-4-5-10-32;7-5-2-1-3-6-4-5/h6-8,11-13,25H,4-5,9-10,14H2,1-3H3,(H,27,33)(H,26,28,29,30);1-4,7H. The molecule has 0 aliphatic carbocycles. The molecule has 0 saturated carbocycles. The Morgan fingerprint density at radius 2 is 1.95 bits per heavy atom. The average Bonchev–Trinajstić information content (AvgIpc) is 3.67. The lowest BCUT2D eigenvalue weighted by atomic mass is 10.1. The van der Waals surface area contributed by atoms with Gasteiger partial charge in [-0.3, -0.25) is 19.4 Å². The van der Waals surface area contributed by atoms with Gasteiger partial charge in [0.05, 0.1) is 29.6 Å². The normalized spacial score (nSPS) is 13.2. The molecule has 40 heavy (non-hydrogen) atoms. The van der Waals surface area contributed by atoms with Crippen LogP contribution in [0.2, 0.25) is 0 Å². The van der Waals surface area contributed by atoms with Crippen molar-refractivity contribution in [3.8, 4) is 17.0 Å². The van der Waals surface area contributed by atoms with E-state index in [0.29, 0.717) is 18.3 Å². The molecule has 11 nitrogen and oxygen atoms in total. The summed E-state index contributed by atoms with van der Waals surface area (Å²) in [6, 6.07) is 11.1. The minimum Gasteiger partial charge on any atom is -0.506 e. The minimum atomic E-state index is 0.0101. The van der Waals surface area contributed by atoms with E-state index < -0.39 is 0 Å². The lowest BCUT2D eigenvalue weighted by molar-refractivity contribution is -0.117. The van der Waals surface area contributed by atoms with E-state index >= 15 is 0 Å². The molecule has 0 spiro atoms. The van der Waals surface area contributed by atoms with Crippen LogP contribution in [0.5, 0.6) is 5.75 Å². The molecule has 1 saturated heterocycles. The van der Waals surface area contributed by atoms with Gasteiger partial charge < -0.3 is 20.7 Å². The maximum Gasteiger partial charge on any atom is 0.238 e. The number of anilines is 3. The Morgan fingerprint density at radius 1 is 1.12 bits per heavy atom. The number of amides is 1. The van der Waals surface area contributed by atoms with Crippen molar-refractivity contribution in [2.45, 2.75) is 26.7 Å². The molecule has 0 bridgehead atoms.